The molecule has 4 heteroatoms. The van der Waals surface area contributed by atoms with Crippen molar-refractivity contribution in [3.05, 3.63) is 29.8 Å². The average molecular weight is 291 g/mol. The number of nitrogens with zero attached hydrogens (tertiary/aromatic N) is 1. The first kappa shape index (κ1) is 15.8. The van der Waals surface area contributed by atoms with Gasteiger partial charge in [-0.25, -0.2) is 0 Å². The molecule has 0 saturated carbocycles. The minimum atomic E-state index is -0.780. The third-order valence-corrected chi connectivity index (χ3v) is 4.22. The zero-order valence-electron chi connectivity index (χ0n) is 13.3. The van der Waals surface area contributed by atoms with Crippen LogP contribution in [0, 0.1) is 0 Å². The molecule has 0 amide bonds. The molecular formula is C17H25NO3. The molecule has 0 radical (unpaired) electrons. The molecule has 0 saturated heterocycles. The molecule has 2 unspecified atom stereocenters. The Morgan fingerprint density at radius 1 is 1.48 bits per heavy atom. The number of benzene rings is 1. The summed E-state index contributed by atoms with van der Waals surface area (Å²) in [5.74, 6) is 0.0921. The number of carbonyl (C=O) groups is 1. The predicted molar refractivity (Wildman–Crippen MR) is 82.6 cm³/mol. The third kappa shape index (κ3) is 3.56. The predicted octanol–water partition coefficient (Wildman–Crippen LogP) is 3.47. The van der Waals surface area contributed by atoms with E-state index < -0.39 is 5.97 Å². The van der Waals surface area contributed by atoms with Crippen LogP contribution in [0.3, 0.4) is 0 Å². The van der Waals surface area contributed by atoms with Crippen LogP contribution < -0.4 is 4.74 Å². The van der Waals surface area contributed by atoms with Crippen LogP contribution in [0.5, 0.6) is 5.75 Å². The summed E-state index contributed by atoms with van der Waals surface area (Å²) < 4.78 is 6.04. The molecule has 1 aliphatic rings. The van der Waals surface area contributed by atoms with Gasteiger partial charge in [-0.15, -0.1) is 0 Å². The minimum absolute atomic E-state index is 0.0596. The minimum Gasteiger partial charge on any atom is -0.487 e. The highest BCUT2D eigenvalue weighted by atomic mass is 16.5. The summed E-state index contributed by atoms with van der Waals surface area (Å²) in [5.41, 5.74) is 0.807. The van der Waals surface area contributed by atoms with Crippen molar-refractivity contribution < 1.29 is 14.6 Å². The van der Waals surface area contributed by atoms with Crippen molar-refractivity contribution in [1.29, 1.82) is 0 Å². The van der Waals surface area contributed by atoms with E-state index in [1.807, 2.05) is 24.3 Å². The molecule has 1 aliphatic heterocycles. The molecular weight excluding hydrogens is 266 g/mol. The number of para-hydroxylation sites is 1. The van der Waals surface area contributed by atoms with Crippen molar-refractivity contribution in [2.45, 2.75) is 58.2 Å². The molecule has 0 bridgehead atoms. The normalized spacial score (nSPS) is 21.5. The quantitative estimate of drug-likeness (QED) is 0.902. The van der Waals surface area contributed by atoms with E-state index in [1.165, 1.54) is 0 Å². The smallest absolute Gasteiger partial charge is 0.317 e. The van der Waals surface area contributed by atoms with Gasteiger partial charge in [-0.05, 0) is 33.3 Å². The third-order valence-electron chi connectivity index (χ3n) is 4.22. The Morgan fingerprint density at radius 3 is 2.76 bits per heavy atom. The van der Waals surface area contributed by atoms with Gasteiger partial charge in [0.1, 0.15) is 11.4 Å². The lowest BCUT2D eigenvalue weighted by Gasteiger charge is -2.44. The van der Waals surface area contributed by atoms with Gasteiger partial charge in [-0.3, -0.25) is 9.69 Å². The van der Waals surface area contributed by atoms with E-state index in [2.05, 4.69) is 32.6 Å². The molecule has 1 aromatic rings. The number of hydrogen-bond acceptors (Lipinski definition) is 3. The summed E-state index contributed by atoms with van der Waals surface area (Å²) in [6, 6.07) is 8.26. The first-order chi connectivity index (χ1) is 9.84. The fourth-order valence-electron chi connectivity index (χ4n) is 3.02. The molecule has 116 valence electrons. The molecule has 2 atom stereocenters. The average Bonchev–Trinajstić information content (AvgIpc) is 2.42. The summed E-state index contributed by atoms with van der Waals surface area (Å²) in [5, 5.41) is 9.26. The zero-order valence-corrected chi connectivity index (χ0v) is 13.3. The lowest BCUT2D eigenvalue weighted by atomic mass is 9.87. The molecule has 0 spiro atoms. The fourth-order valence-corrected chi connectivity index (χ4v) is 3.02. The summed E-state index contributed by atoms with van der Waals surface area (Å²) in [6.07, 6.45) is 1.72. The first-order valence-electron chi connectivity index (χ1n) is 7.59. The number of hydrogen-bond donors (Lipinski definition) is 1. The molecule has 1 heterocycles. The molecule has 4 nitrogen and oxygen atoms in total. The number of carboxylic acids is 1. The monoisotopic (exact) mass is 291 g/mol. The molecule has 1 N–H and O–H groups in total. The van der Waals surface area contributed by atoms with Crippen molar-refractivity contribution in [3.8, 4) is 5.75 Å². The van der Waals surface area contributed by atoms with Crippen LogP contribution in [0.1, 0.15) is 52.1 Å². The lowest BCUT2D eigenvalue weighted by molar-refractivity contribution is -0.140. The van der Waals surface area contributed by atoms with Crippen LogP contribution in [-0.2, 0) is 4.79 Å². The SMILES string of the molecule is CCC(C)N(CC(=O)O)C1CC(C)(C)Oc2ccccc21. The zero-order chi connectivity index (χ0) is 15.6. The maximum absolute atomic E-state index is 11.3. The molecule has 0 aromatic heterocycles. The van der Waals surface area contributed by atoms with Gasteiger partial charge < -0.3 is 9.84 Å². The van der Waals surface area contributed by atoms with Gasteiger partial charge in [-0.2, -0.15) is 0 Å². The fraction of sp³-hybridized carbons (Fsp3) is 0.588. The summed E-state index contributed by atoms with van der Waals surface area (Å²) in [6.45, 7) is 8.37. The van der Waals surface area contributed by atoms with Crippen molar-refractivity contribution in [3.63, 3.8) is 0 Å². The molecule has 0 aliphatic carbocycles. The summed E-state index contributed by atoms with van der Waals surface area (Å²) >= 11 is 0. The van der Waals surface area contributed by atoms with Gasteiger partial charge in [0.2, 0.25) is 0 Å². The Bertz CT molecular complexity index is 513. The van der Waals surface area contributed by atoms with Crippen LogP contribution in [-0.4, -0.2) is 34.2 Å². The van der Waals surface area contributed by atoms with Gasteiger partial charge in [-0.1, -0.05) is 25.1 Å². The van der Waals surface area contributed by atoms with Crippen molar-refractivity contribution in [2.75, 3.05) is 6.54 Å². The Kier molecular flexibility index (Phi) is 4.57. The molecule has 2 rings (SSSR count). The maximum atomic E-state index is 11.3. The second-order valence-corrected chi connectivity index (χ2v) is 6.44. The van der Waals surface area contributed by atoms with Gasteiger partial charge in [0, 0.05) is 24.1 Å². The van der Waals surface area contributed by atoms with Gasteiger partial charge in [0.05, 0.1) is 6.54 Å². The van der Waals surface area contributed by atoms with E-state index in [0.717, 1.165) is 24.2 Å². The number of aliphatic carboxylic acids is 1. The molecule has 21 heavy (non-hydrogen) atoms. The highest BCUT2D eigenvalue weighted by molar-refractivity contribution is 5.69. The van der Waals surface area contributed by atoms with E-state index in [-0.39, 0.29) is 24.2 Å². The number of carboxylic acid groups (broad SMARTS) is 1. The second kappa shape index (κ2) is 6.06. The van der Waals surface area contributed by atoms with E-state index in [0.29, 0.717) is 0 Å². The van der Waals surface area contributed by atoms with E-state index >= 15 is 0 Å². The maximum Gasteiger partial charge on any atom is 0.317 e. The van der Waals surface area contributed by atoms with Crippen LogP contribution >= 0.6 is 0 Å². The van der Waals surface area contributed by atoms with Crippen LogP contribution in [0.25, 0.3) is 0 Å². The van der Waals surface area contributed by atoms with Gasteiger partial charge in [0.15, 0.2) is 0 Å². The largest absolute Gasteiger partial charge is 0.487 e. The Labute approximate surface area is 126 Å². The standard InChI is InChI=1S/C17H25NO3/c1-5-12(2)18(11-16(19)20)14-10-17(3,4)21-15-9-7-6-8-13(14)15/h6-9,12,14H,5,10-11H2,1-4H3,(H,19,20). The topological polar surface area (TPSA) is 49.8 Å². The van der Waals surface area contributed by atoms with Crippen LogP contribution in [0.15, 0.2) is 24.3 Å². The summed E-state index contributed by atoms with van der Waals surface area (Å²) in [4.78, 5) is 13.4. The highest BCUT2D eigenvalue weighted by Crippen LogP contribution is 2.43. The first-order valence-corrected chi connectivity index (χ1v) is 7.59. The Morgan fingerprint density at radius 2 is 2.14 bits per heavy atom. The number of rotatable bonds is 5. The Balaban J connectivity index is 2.41. The summed E-state index contributed by atoms with van der Waals surface area (Å²) in [7, 11) is 0. The van der Waals surface area contributed by atoms with E-state index in [1.54, 1.807) is 0 Å². The Hall–Kier alpha value is -1.55. The van der Waals surface area contributed by atoms with Gasteiger partial charge in [0.25, 0.3) is 0 Å². The number of fused-ring (bicyclic) bond motifs is 1. The molecule has 1 aromatic carbocycles. The van der Waals surface area contributed by atoms with Gasteiger partial charge >= 0.3 is 5.97 Å². The van der Waals surface area contributed by atoms with Crippen LogP contribution in [0.4, 0.5) is 0 Å². The van der Waals surface area contributed by atoms with E-state index in [4.69, 9.17) is 4.74 Å². The molecule has 0 fully saturated rings. The lowest BCUT2D eigenvalue weighted by Crippen LogP contribution is -2.46. The second-order valence-electron chi connectivity index (χ2n) is 6.44. The van der Waals surface area contributed by atoms with Crippen molar-refractivity contribution >= 4 is 5.97 Å². The van der Waals surface area contributed by atoms with E-state index in [9.17, 15) is 9.90 Å². The van der Waals surface area contributed by atoms with Crippen LogP contribution in [0.2, 0.25) is 0 Å². The van der Waals surface area contributed by atoms with Crippen molar-refractivity contribution in [1.82, 2.24) is 4.90 Å². The number of ether oxygens (including phenoxy) is 1. The highest BCUT2D eigenvalue weighted by Gasteiger charge is 2.38. The van der Waals surface area contributed by atoms with Crippen molar-refractivity contribution in [2.24, 2.45) is 0 Å².